The zero-order valence-electron chi connectivity index (χ0n) is 11.2. The number of nitriles is 1. The fourth-order valence-corrected chi connectivity index (χ4v) is 1.91. The number of aliphatic hydroxyl groups excluding tert-OH is 1. The van der Waals surface area contributed by atoms with Crippen LogP contribution in [0, 0.1) is 23.0 Å². The van der Waals surface area contributed by atoms with Crippen molar-refractivity contribution in [2.45, 2.75) is 12.6 Å². The molecule has 0 amide bonds. The summed E-state index contributed by atoms with van der Waals surface area (Å²) in [6.45, 7) is 0.419. The summed E-state index contributed by atoms with van der Waals surface area (Å²) in [4.78, 5) is 0. The second-order valence-electron chi connectivity index (χ2n) is 4.62. The minimum absolute atomic E-state index is 0.194. The minimum atomic E-state index is -0.763. The second kappa shape index (κ2) is 6.93. The second-order valence-corrected chi connectivity index (χ2v) is 4.62. The van der Waals surface area contributed by atoms with Gasteiger partial charge in [-0.2, -0.15) is 5.26 Å². The summed E-state index contributed by atoms with van der Waals surface area (Å²) >= 11 is 0. The third-order valence-electron chi connectivity index (χ3n) is 3.09. The number of rotatable bonds is 5. The lowest BCUT2D eigenvalue weighted by Gasteiger charge is -2.12. The molecule has 0 radical (unpaired) electrons. The number of hydrogen-bond acceptors (Lipinski definition) is 3. The lowest BCUT2D eigenvalue weighted by Crippen LogP contribution is -2.21. The third kappa shape index (κ3) is 4.09. The molecule has 2 rings (SSSR count). The van der Waals surface area contributed by atoms with Crippen LogP contribution in [-0.4, -0.2) is 11.7 Å². The van der Waals surface area contributed by atoms with Crippen molar-refractivity contribution in [1.29, 1.82) is 5.26 Å². The molecule has 3 nitrogen and oxygen atoms in total. The van der Waals surface area contributed by atoms with Gasteiger partial charge in [0.05, 0.1) is 17.7 Å². The Labute approximate surface area is 121 Å². The van der Waals surface area contributed by atoms with Crippen molar-refractivity contribution in [3.05, 3.63) is 70.8 Å². The van der Waals surface area contributed by atoms with Crippen LogP contribution in [0.1, 0.15) is 22.8 Å². The molecule has 0 aromatic heterocycles. The monoisotopic (exact) mass is 288 g/mol. The van der Waals surface area contributed by atoms with Crippen molar-refractivity contribution in [3.63, 3.8) is 0 Å². The highest BCUT2D eigenvalue weighted by atomic mass is 19.1. The van der Waals surface area contributed by atoms with Crippen LogP contribution in [0.5, 0.6) is 0 Å². The lowest BCUT2D eigenvalue weighted by atomic mass is 10.1. The van der Waals surface area contributed by atoms with Gasteiger partial charge in [-0.25, -0.2) is 8.78 Å². The summed E-state index contributed by atoms with van der Waals surface area (Å²) in [7, 11) is 0. The molecule has 2 aromatic carbocycles. The Morgan fingerprint density at radius 3 is 2.48 bits per heavy atom. The van der Waals surface area contributed by atoms with Gasteiger partial charge in [-0.05, 0) is 23.8 Å². The predicted molar refractivity (Wildman–Crippen MR) is 74.2 cm³/mol. The Morgan fingerprint density at radius 1 is 1.14 bits per heavy atom. The average Bonchev–Trinajstić information content (AvgIpc) is 2.49. The maximum Gasteiger partial charge on any atom is 0.130 e. The molecule has 0 spiro atoms. The van der Waals surface area contributed by atoms with Crippen LogP contribution in [-0.2, 0) is 6.54 Å². The van der Waals surface area contributed by atoms with Gasteiger partial charge in [0.1, 0.15) is 11.6 Å². The maximum absolute atomic E-state index is 13.4. The van der Waals surface area contributed by atoms with E-state index in [4.69, 9.17) is 5.26 Å². The molecule has 2 aromatic rings. The highest BCUT2D eigenvalue weighted by Crippen LogP contribution is 2.14. The number of nitrogens with zero attached hydrogens (tertiary/aromatic N) is 1. The van der Waals surface area contributed by atoms with Gasteiger partial charge in [0, 0.05) is 24.7 Å². The zero-order valence-corrected chi connectivity index (χ0v) is 11.2. The molecular weight excluding hydrogens is 274 g/mol. The number of benzene rings is 2. The van der Waals surface area contributed by atoms with E-state index in [9.17, 15) is 13.9 Å². The molecule has 0 heterocycles. The fraction of sp³-hybridized carbons (Fsp3) is 0.188. The largest absolute Gasteiger partial charge is 0.387 e. The molecular formula is C16H14F2N2O. The van der Waals surface area contributed by atoms with E-state index >= 15 is 0 Å². The summed E-state index contributed by atoms with van der Waals surface area (Å²) in [5.74, 6) is -1.23. The van der Waals surface area contributed by atoms with E-state index in [1.165, 1.54) is 12.1 Å². The summed E-state index contributed by atoms with van der Waals surface area (Å²) in [6, 6.07) is 12.0. The highest BCUT2D eigenvalue weighted by molar-refractivity contribution is 5.32. The first-order chi connectivity index (χ1) is 10.1. The Hall–Kier alpha value is -2.29. The van der Waals surface area contributed by atoms with E-state index in [1.807, 2.05) is 6.07 Å². The van der Waals surface area contributed by atoms with Crippen molar-refractivity contribution in [3.8, 4) is 6.07 Å². The van der Waals surface area contributed by atoms with Crippen molar-refractivity contribution < 1.29 is 13.9 Å². The van der Waals surface area contributed by atoms with E-state index in [-0.39, 0.29) is 13.1 Å². The van der Waals surface area contributed by atoms with Crippen molar-refractivity contribution in [1.82, 2.24) is 5.32 Å². The Bertz CT molecular complexity index is 650. The van der Waals surface area contributed by atoms with E-state index in [1.54, 1.807) is 24.3 Å². The van der Waals surface area contributed by atoms with Crippen LogP contribution in [0.25, 0.3) is 0 Å². The quantitative estimate of drug-likeness (QED) is 0.889. The predicted octanol–water partition coefficient (Wildman–Crippen LogP) is 2.66. The van der Waals surface area contributed by atoms with Crippen molar-refractivity contribution >= 4 is 0 Å². The number of hydrogen-bond donors (Lipinski definition) is 2. The van der Waals surface area contributed by atoms with Gasteiger partial charge in [-0.15, -0.1) is 0 Å². The summed E-state index contributed by atoms with van der Waals surface area (Å²) in [6.07, 6.45) is -0.763. The SMILES string of the molecule is N#Cc1ccc(C(O)CNCc2ccc(F)cc2F)cc1. The number of halogens is 2. The smallest absolute Gasteiger partial charge is 0.130 e. The number of aliphatic hydroxyl groups is 1. The molecule has 1 unspecified atom stereocenters. The normalized spacial score (nSPS) is 11.9. The van der Waals surface area contributed by atoms with Gasteiger partial charge in [0.2, 0.25) is 0 Å². The van der Waals surface area contributed by atoms with Gasteiger partial charge in [-0.3, -0.25) is 0 Å². The molecule has 21 heavy (non-hydrogen) atoms. The highest BCUT2D eigenvalue weighted by Gasteiger charge is 2.08. The first kappa shape index (κ1) is 15.1. The van der Waals surface area contributed by atoms with E-state index < -0.39 is 17.7 Å². The summed E-state index contributed by atoms with van der Waals surface area (Å²) in [5.41, 5.74) is 1.52. The fourth-order valence-electron chi connectivity index (χ4n) is 1.91. The molecule has 2 N–H and O–H groups in total. The molecule has 1 atom stereocenters. The number of nitrogens with one attached hydrogen (secondary N) is 1. The zero-order chi connectivity index (χ0) is 15.2. The lowest BCUT2D eigenvalue weighted by molar-refractivity contribution is 0.174. The topological polar surface area (TPSA) is 56.0 Å². The average molecular weight is 288 g/mol. The van der Waals surface area contributed by atoms with Gasteiger partial charge < -0.3 is 10.4 Å². The Balaban J connectivity index is 1.89. The van der Waals surface area contributed by atoms with E-state index in [2.05, 4.69) is 5.32 Å². The maximum atomic E-state index is 13.4. The Morgan fingerprint density at radius 2 is 1.86 bits per heavy atom. The van der Waals surface area contributed by atoms with Crippen LogP contribution in [0.4, 0.5) is 8.78 Å². The van der Waals surface area contributed by atoms with E-state index in [0.717, 1.165) is 6.07 Å². The standard InChI is InChI=1S/C16H14F2N2O/c17-14-6-5-13(15(18)7-14)9-20-10-16(21)12-3-1-11(8-19)2-4-12/h1-7,16,20-21H,9-10H2. The molecule has 0 bridgehead atoms. The van der Waals surface area contributed by atoms with Crippen molar-refractivity contribution in [2.75, 3.05) is 6.54 Å². The molecule has 0 fully saturated rings. The summed E-state index contributed by atoms with van der Waals surface area (Å²) < 4.78 is 26.2. The van der Waals surface area contributed by atoms with Gasteiger partial charge in [-0.1, -0.05) is 18.2 Å². The molecule has 0 aliphatic carbocycles. The van der Waals surface area contributed by atoms with Crippen LogP contribution in [0.15, 0.2) is 42.5 Å². The van der Waals surface area contributed by atoms with Crippen LogP contribution in [0.3, 0.4) is 0 Å². The van der Waals surface area contributed by atoms with Crippen molar-refractivity contribution in [2.24, 2.45) is 0 Å². The van der Waals surface area contributed by atoms with Crippen LogP contribution >= 0.6 is 0 Å². The molecule has 5 heteroatoms. The Kier molecular flexibility index (Phi) is 4.99. The molecule has 108 valence electrons. The molecule has 0 aliphatic heterocycles. The minimum Gasteiger partial charge on any atom is -0.387 e. The van der Waals surface area contributed by atoms with Gasteiger partial charge in [0.15, 0.2) is 0 Å². The van der Waals surface area contributed by atoms with Crippen LogP contribution in [0.2, 0.25) is 0 Å². The molecule has 0 aliphatic rings. The molecule has 0 saturated heterocycles. The van der Waals surface area contributed by atoms with E-state index in [0.29, 0.717) is 16.7 Å². The first-order valence-corrected chi connectivity index (χ1v) is 6.43. The van der Waals surface area contributed by atoms with Crippen LogP contribution < -0.4 is 5.32 Å². The van der Waals surface area contributed by atoms with Gasteiger partial charge >= 0.3 is 0 Å². The van der Waals surface area contributed by atoms with Gasteiger partial charge in [0.25, 0.3) is 0 Å². The first-order valence-electron chi connectivity index (χ1n) is 6.43. The molecule has 0 saturated carbocycles. The summed E-state index contributed by atoms with van der Waals surface area (Å²) in [5, 5.41) is 21.6. The third-order valence-corrected chi connectivity index (χ3v) is 3.09.